The number of rotatable bonds is 6. The first-order chi connectivity index (χ1) is 10.1. The van der Waals surface area contributed by atoms with E-state index in [0.717, 1.165) is 31.5 Å². The number of hydrogen-bond acceptors (Lipinski definition) is 4. The predicted molar refractivity (Wildman–Crippen MR) is 79.3 cm³/mol. The van der Waals surface area contributed by atoms with E-state index in [9.17, 15) is 9.59 Å². The molecule has 0 radical (unpaired) electrons. The van der Waals surface area contributed by atoms with E-state index >= 15 is 0 Å². The van der Waals surface area contributed by atoms with Crippen molar-refractivity contribution in [1.82, 2.24) is 9.88 Å². The van der Waals surface area contributed by atoms with Crippen LogP contribution in [0.2, 0.25) is 0 Å². The lowest BCUT2D eigenvalue weighted by molar-refractivity contribution is -0.137. The Morgan fingerprint density at radius 3 is 2.62 bits per heavy atom. The Bertz CT molecular complexity index is 495. The molecule has 1 saturated heterocycles. The van der Waals surface area contributed by atoms with Crippen LogP contribution in [0.1, 0.15) is 24.8 Å². The number of nitrogens with zero attached hydrogens (tertiary/aromatic N) is 3. The number of carboxylic acid groups (broad SMARTS) is 1. The Morgan fingerprint density at radius 1 is 1.33 bits per heavy atom. The monoisotopic (exact) mass is 291 g/mol. The second-order valence-corrected chi connectivity index (χ2v) is 5.35. The van der Waals surface area contributed by atoms with Gasteiger partial charge in [-0.25, -0.2) is 4.98 Å². The van der Waals surface area contributed by atoms with Gasteiger partial charge in [0.1, 0.15) is 5.82 Å². The molecule has 1 N–H and O–H groups in total. The van der Waals surface area contributed by atoms with E-state index in [1.54, 1.807) is 11.1 Å². The van der Waals surface area contributed by atoms with Crippen LogP contribution in [0.15, 0.2) is 18.3 Å². The lowest BCUT2D eigenvalue weighted by Crippen LogP contribution is -2.40. The second-order valence-electron chi connectivity index (χ2n) is 5.35. The summed E-state index contributed by atoms with van der Waals surface area (Å²) < 4.78 is 0. The number of hydrogen-bond donors (Lipinski definition) is 1. The van der Waals surface area contributed by atoms with E-state index in [1.807, 2.05) is 24.0 Å². The molecule has 1 fully saturated rings. The molecular formula is C15H21N3O3. The zero-order valence-electron chi connectivity index (χ0n) is 12.3. The summed E-state index contributed by atoms with van der Waals surface area (Å²) in [7, 11) is 0. The Morgan fingerprint density at radius 2 is 2.05 bits per heavy atom. The molecule has 0 spiro atoms. The van der Waals surface area contributed by atoms with Crippen molar-refractivity contribution in [3.8, 4) is 0 Å². The molecule has 6 nitrogen and oxygen atoms in total. The van der Waals surface area contributed by atoms with Gasteiger partial charge >= 0.3 is 5.97 Å². The van der Waals surface area contributed by atoms with Crippen molar-refractivity contribution in [2.45, 2.75) is 26.2 Å². The molecule has 0 aromatic carbocycles. The molecule has 0 unspecified atom stereocenters. The minimum absolute atomic E-state index is 0.0111. The largest absolute Gasteiger partial charge is 0.481 e. The van der Waals surface area contributed by atoms with E-state index in [4.69, 9.17) is 5.11 Å². The maximum Gasteiger partial charge on any atom is 0.305 e. The molecule has 0 aliphatic carbocycles. The van der Waals surface area contributed by atoms with Crippen LogP contribution >= 0.6 is 0 Å². The topological polar surface area (TPSA) is 73.7 Å². The zero-order chi connectivity index (χ0) is 15.2. The summed E-state index contributed by atoms with van der Waals surface area (Å²) in [6.07, 6.45) is 3.81. The third-order valence-electron chi connectivity index (χ3n) is 3.60. The van der Waals surface area contributed by atoms with Gasteiger partial charge in [0.25, 0.3) is 0 Å². The number of amides is 1. The second kappa shape index (κ2) is 7.06. The number of carboxylic acids is 1. The van der Waals surface area contributed by atoms with Gasteiger partial charge in [-0.1, -0.05) is 6.07 Å². The van der Waals surface area contributed by atoms with Gasteiger partial charge in [-0.15, -0.1) is 0 Å². The Balaban J connectivity index is 2.05. The van der Waals surface area contributed by atoms with E-state index in [1.165, 1.54) is 0 Å². The highest BCUT2D eigenvalue weighted by Gasteiger charge is 2.21. The molecule has 1 aliphatic rings. The van der Waals surface area contributed by atoms with Crippen molar-refractivity contribution in [2.24, 2.45) is 0 Å². The molecule has 114 valence electrons. The fourth-order valence-electron chi connectivity index (χ4n) is 2.38. The highest BCUT2D eigenvalue weighted by atomic mass is 16.4. The van der Waals surface area contributed by atoms with Gasteiger partial charge in [0.15, 0.2) is 0 Å². The summed E-state index contributed by atoms with van der Waals surface area (Å²) in [5.74, 6) is -0.185. The van der Waals surface area contributed by atoms with Crippen LogP contribution in [0.3, 0.4) is 0 Å². The average molecular weight is 291 g/mol. The Labute approximate surface area is 124 Å². The predicted octanol–water partition coefficient (Wildman–Crippen LogP) is 1.29. The van der Waals surface area contributed by atoms with E-state index < -0.39 is 5.97 Å². The van der Waals surface area contributed by atoms with Gasteiger partial charge in [0.05, 0.1) is 13.0 Å². The van der Waals surface area contributed by atoms with E-state index in [2.05, 4.69) is 4.98 Å². The first kappa shape index (κ1) is 15.3. The summed E-state index contributed by atoms with van der Waals surface area (Å²) >= 11 is 0. The van der Waals surface area contributed by atoms with E-state index in [-0.39, 0.29) is 25.4 Å². The van der Waals surface area contributed by atoms with Crippen LogP contribution in [0, 0.1) is 6.92 Å². The van der Waals surface area contributed by atoms with E-state index in [0.29, 0.717) is 5.82 Å². The van der Waals surface area contributed by atoms with Gasteiger partial charge < -0.3 is 14.9 Å². The maximum absolute atomic E-state index is 12.2. The normalized spacial score (nSPS) is 14.2. The van der Waals surface area contributed by atoms with Crippen molar-refractivity contribution < 1.29 is 14.7 Å². The molecule has 6 heteroatoms. The third-order valence-corrected chi connectivity index (χ3v) is 3.60. The highest BCUT2D eigenvalue weighted by Crippen LogP contribution is 2.14. The molecule has 0 atom stereocenters. The smallest absolute Gasteiger partial charge is 0.305 e. The summed E-state index contributed by atoms with van der Waals surface area (Å²) in [4.78, 5) is 30.9. The van der Waals surface area contributed by atoms with Crippen LogP contribution in [0.25, 0.3) is 0 Å². The maximum atomic E-state index is 12.2. The minimum Gasteiger partial charge on any atom is -0.481 e. The van der Waals surface area contributed by atoms with Crippen molar-refractivity contribution in [1.29, 1.82) is 0 Å². The zero-order valence-corrected chi connectivity index (χ0v) is 12.3. The van der Waals surface area contributed by atoms with Gasteiger partial charge in [-0.3, -0.25) is 9.59 Å². The van der Waals surface area contributed by atoms with Crippen LogP contribution in [0.5, 0.6) is 0 Å². The van der Waals surface area contributed by atoms with Crippen molar-refractivity contribution in [2.75, 3.05) is 31.1 Å². The van der Waals surface area contributed by atoms with Crippen molar-refractivity contribution in [3.05, 3.63) is 23.9 Å². The van der Waals surface area contributed by atoms with Gasteiger partial charge in [0.2, 0.25) is 5.91 Å². The Hall–Kier alpha value is -2.11. The van der Waals surface area contributed by atoms with Gasteiger partial charge in [0, 0.05) is 25.8 Å². The lowest BCUT2D eigenvalue weighted by Gasteiger charge is -2.25. The molecule has 0 bridgehead atoms. The molecule has 1 aromatic heterocycles. The average Bonchev–Trinajstić information content (AvgIpc) is 2.98. The third kappa shape index (κ3) is 4.44. The number of anilines is 1. The molecule has 1 amide bonds. The first-order valence-corrected chi connectivity index (χ1v) is 7.23. The number of aromatic nitrogens is 1. The standard InChI is InChI=1S/C15H21N3O3/c1-12-4-5-13(16-10-12)18(9-6-15(20)21)11-14(19)17-7-2-3-8-17/h4-5,10H,2-3,6-9,11H2,1H3,(H,20,21). The van der Waals surface area contributed by atoms with Gasteiger partial charge in [-0.2, -0.15) is 0 Å². The molecule has 21 heavy (non-hydrogen) atoms. The SMILES string of the molecule is Cc1ccc(N(CCC(=O)O)CC(=O)N2CCCC2)nc1. The number of aliphatic carboxylic acids is 1. The first-order valence-electron chi connectivity index (χ1n) is 7.23. The molecule has 2 rings (SSSR count). The van der Waals surface area contributed by atoms with Crippen molar-refractivity contribution in [3.63, 3.8) is 0 Å². The van der Waals surface area contributed by atoms with Gasteiger partial charge in [-0.05, 0) is 31.4 Å². The summed E-state index contributed by atoms with van der Waals surface area (Å²) in [6.45, 7) is 4.00. The molecule has 1 aromatic rings. The number of aryl methyl sites for hydroxylation is 1. The Kier molecular flexibility index (Phi) is 5.14. The molecule has 2 heterocycles. The summed E-state index contributed by atoms with van der Waals surface area (Å²) in [5, 5.41) is 8.86. The van der Waals surface area contributed by atoms with Crippen molar-refractivity contribution >= 4 is 17.7 Å². The van der Waals surface area contributed by atoms with Crippen LogP contribution < -0.4 is 4.90 Å². The lowest BCUT2D eigenvalue weighted by atomic mass is 10.3. The molecule has 1 aliphatic heterocycles. The number of likely N-dealkylation sites (tertiary alicyclic amines) is 1. The molecule has 0 saturated carbocycles. The fourth-order valence-corrected chi connectivity index (χ4v) is 2.38. The number of carbonyl (C=O) groups is 2. The number of pyridine rings is 1. The van der Waals surface area contributed by atoms with Crippen LogP contribution in [-0.4, -0.2) is 53.0 Å². The number of carbonyl (C=O) groups excluding carboxylic acids is 1. The minimum atomic E-state index is -0.874. The quantitative estimate of drug-likeness (QED) is 0.855. The van der Waals surface area contributed by atoms with Crippen LogP contribution in [-0.2, 0) is 9.59 Å². The summed E-state index contributed by atoms with van der Waals surface area (Å²) in [5.41, 5.74) is 1.03. The highest BCUT2D eigenvalue weighted by molar-refractivity contribution is 5.81. The summed E-state index contributed by atoms with van der Waals surface area (Å²) in [6, 6.07) is 3.74. The fraction of sp³-hybridized carbons (Fsp3) is 0.533. The molecular weight excluding hydrogens is 270 g/mol. The van der Waals surface area contributed by atoms with Crippen LogP contribution in [0.4, 0.5) is 5.82 Å².